The molecule has 0 aliphatic carbocycles. The summed E-state index contributed by atoms with van der Waals surface area (Å²) in [7, 11) is 1.82. The first-order valence-corrected chi connectivity index (χ1v) is 11.3. The molecule has 7 nitrogen and oxygen atoms in total. The lowest BCUT2D eigenvalue weighted by Crippen LogP contribution is -2.54. The number of rotatable bonds is 7. The number of ether oxygens (including phenoxy) is 1. The van der Waals surface area contributed by atoms with E-state index >= 15 is 0 Å². The number of halogens is 1. The van der Waals surface area contributed by atoms with Crippen molar-refractivity contribution in [1.29, 1.82) is 0 Å². The molecule has 2 saturated heterocycles. The predicted molar refractivity (Wildman–Crippen MR) is 137 cm³/mol. The molecular weight excluding hydrogens is 505 g/mol. The third-order valence-corrected chi connectivity index (χ3v) is 5.89. The molecule has 1 N–H and O–H groups in total. The van der Waals surface area contributed by atoms with E-state index in [4.69, 9.17) is 4.74 Å². The predicted octanol–water partition coefficient (Wildman–Crippen LogP) is 2.62. The topological polar surface area (TPSA) is 60.4 Å². The second kappa shape index (κ2) is 13.1. The molecule has 0 spiro atoms. The lowest BCUT2D eigenvalue weighted by molar-refractivity contribution is -0.131. The van der Waals surface area contributed by atoms with Crippen molar-refractivity contribution >= 4 is 35.8 Å². The van der Waals surface area contributed by atoms with Gasteiger partial charge in [-0.25, -0.2) is 0 Å². The van der Waals surface area contributed by atoms with E-state index in [2.05, 4.69) is 46.1 Å². The number of para-hydroxylation sites is 1. The summed E-state index contributed by atoms with van der Waals surface area (Å²) in [6.07, 6.45) is 2.29. The quantitative estimate of drug-likeness (QED) is 0.248. The first-order chi connectivity index (χ1) is 14.6. The summed E-state index contributed by atoms with van der Waals surface area (Å²) in [6, 6.07) is 8.23. The molecule has 2 heterocycles. The first-order valence-electron chi connectivity index (χ1n) is 11.3. The molecular formula is C23H38IN5O2. The van der Waals surface area contributed by atoms with Gasteiger partial charge in [0.2, 0.25) is 5.91 Å². The van der Waals surface area contributed by atoms with Crippen LogP contribution in [0.2, 0.25) is 0 Å². The van der Waals surface area contributed by atoms with Gasteiger partial charge in [-0.1, -0.05) is 32.0 Å². The van der Waals surface area contributed by atoms with Crippen LogP contribution >= 0.6 is 24.0 Å². The molecule has 2 aliphatic rings. The van der Waals surface area contributed by atoms with Crippen molar-refractivity contribution in [2.75, 3.05) is 66.0 Å². The highest BCUT2D eigenvalue weighted by molar-refractivity contribution is 14.0. The molecule has 1 aromatic rings. The minimum atomic E-state index is 0. The highest BCUT2D eigenvalue weighted by Gasteiger charge is 2.24. The maximum absolute atomic E-state index is 12.4. The Labute approximate surface area is 204 Å². The van der Waals surface area contributed by atoms with Gasteiger partial charge in [-0.05, 0) is 30.4 Å². The molecule has 0 unspecified atom stereocenters. The number of likely N-dealkylation sites (tertiary alicyclic amines) is 1. The van der Waals surface area contributed by atoms with Crippen LogP contribution in [0.1, 0.15) is 38.2 Å². The highest BCUT2D eigenvalue weighted by atomic mass is 127. The second-order valence-corrected chi connectivity index (χ2v) is 8.37. The molecule has 2 fully saturated rings. The fraction of sp³-hybridized carbons (Fsp3) is 0.652. The van der Waals surface area contributed by atoms with Crippen LogP contribution in [0, 0.1) is 0 Å². The number of carbonyl (C=O) groups excluding carboxylic acids is 1. The van der Waals surface area contributed by atoms with Gasteiger partial charge < -0.3 is 19.9 Å². The number of hydrogen-bond acceptors (Lipinski definition) is 4. The molecule has 1 amide bonds. The molecule has 3 rings (SSSR count). The Morgan fingerprint density at radius 2 is 1.74 bits per heavy atom. The number of piperazine rings is 1. The van der Waals surface area contributed by atoms with Crippen LogP contribution in [0.25, 0.3) is 0 Å². The van der Waals surface area contributed by atoms with E-state index < -0.39 is 0 Å². The molecule has 0 saturated carbocycles. The molecule has 0 radical (unpaired) electrons. The standard InChI is InChI=1S/C23H37N5O2.HI/c1-19(2)20-8-4-5-9-21(20)30-17-10-25-23(24-3)28-15-13-26(14-16-28)18-22(29)27-11-6-7-12-27;/h4-5,8-9,19H,6-7,10-18H2,1-3H3,(H,24,25);1H. The van der Waals surface area contributed by atoms with E-state index in [1.54, 1.807) is 0 Å². The number of nitrogens with zero attached hydrogens (tertiary/aromatic N) is 4. The summed E-state index contributed by atoms with van der Waals surface area (Å²) in [5.41, 5.74) is 1.24. The van der Waals surface area contributed by atoms with Gasteiger partial charge in [-0.2, -0.15) is 0 Å². The molecule has 1 aromatic carbocycles. The Kier molecular flexibility index (Phi) is 10.9. The van der Waals surface area contributed by atoms with Gasteiger partial charge in [0.1, 0.15) is 12.4 Å². The van der Waals surface area contributed by atoms with Gasteiger partial charge in [-0.3, -0.25) is 14.7 Å². The van der Waals surface area contributed by atoms with Gasteiger partial charge >= 0.3 is 0 Å². The maximum Gasteiger partial charge on any atom is 0.236 e. The molecule has 0 atom stereocenters. The van der Waals surface area contributed by atoms with E-state index in [9.17, 15) is 4.79 Å². The summed E-state index contributed by atoms with van der Waals surface area (Å²) >= 11 is 0. The zero-order chi connectivity index (χ0) is 21.3. The third-order valence-electron chi connectivity index (χ3n) is 5.89. The molecule has 0 aromatic heterocycles. The Morgan fingerprint density at radius 3 is 2.39 bits per heavy atom. The van der Waals surface area contributed by atoms with Crippen LogP contribution in [0.3, 0.4) is 0 Å². The van der Waals surface area contributed by atoms with E-state index in [1.165, 1.54) is 5.56 Å². The average molecular weight is 543 g/mol. The zero-order valence-electron chi connectivity index (χ0n) is 19.2. The maximum atomic E-state index is 12.4. The smallest absolute Gasteiger partial charge is 0.236 e. The molecule has 8 heteroatoms. The summed E-state index contributed by atoms with van der Waals surface area (Å²) in [5, 5.41) is 3.42. The lowest BCUT2D eigenvalue weighted by atomic mass is 10.0. The number of benzene rings is 1. The average Bonchev–Trinajstić information content (AvgIpc) is 3.30. The van der Waals surface area contributed by atoms with Gasteiger partial charge in [0.25, 0.3) is 0 Å². The van der Waals surface area contributed by atoms with Crippen LogP contribution in [-0.4, -0.2) is 92.6 Å². The summed E-state index contributed by atoms with van der Waals surface area (Å²) in [4.78, 5) is 23.3. The fourth-order valence-corrected chi connectivity index (χ4v) is 4.12. The number of nitrogens with one attached hydrogen (secondary N) is 1. The number of aliphatic imine (C=N–C) groups is 1. The largest absolute Gasteiger partial charge is 0.491 e. The van der Waals surface area contributed by atoms with E-state index in [-0.39, 0.29) is 29.9 Å². The van der Waals surface area contributed by atoms with Crippen LogP contribution in [0.15, 0.2) is 29.3 Å². The van der Waals surface area contributed by atoms with E-state index in [0.717, 1.165) is 63.8 Å². The third kappa shape index (κ3) is 7.52. The number of carbonyl (C=O) groups is 1. The van der Waals surface area contributed by atoms with Crippen molar-refractivity contribution in [2.45, 2.75) is 32.6 Å². The van der Waals surface area contributed by atoms with Gasteiger partial charge in [0, 0.05) is 46.3 Å². The minimum absolute atomic E-state index is 0. The first kappa shape index (κ1) is 25.7. The minimum Gasteiger partial charge on any atom is -0.491 e. The molecule has 2 aliphatic heterocycles. The summed E-state index contributed by atoms with van der Waals surface area (Å²) in [6.45, 7) is 11.6. The monoisotopic (exact) mass is 543 g/mol. The van der Waals surface area contributed by atoms with E-state index in [1.807, 2.05) is 24.1 Å². The van der Waals surface area contributed by atoms with Crippen molar-refractivity contribution in [3.05, 3.63) is 29.8 Å². The fourth-order valence-electron chi connectivity index (χ4n) is 4.12. The summed E-state index contributed by atoms with van der Waals surface area (Å²) in [5.74, 6) is 2.58. The van der Waals surface area contributed by atoms with Crippen LogP contribution in [0.4, 0.5) is 0 Å². The Bertz CT molecular complexity index is 714. The molecule has 31 heavy (non-hydrogen) atoms. The Morgan fingerprint density at radius 1 is 1.06 bits per heavy atom. The van der Waals surface area contributed by atoms with Crippen molar-refractivity contribution in [3.63, 3.8) is 0 Å². The number of guanidine groups is 1. The van der Waals surface area contributed by atoms with Crippen molar-refractivity contribution in [3.8, 4) is 5.75 Å². The Balaban J connectivity index is 0.00000341. The second-order valence-electron chi connectivity index (χ2n) is 8.37. The van der Waals surface area contributed by atoms with E-state index in [0.29, 0.717) is 25.6 Å². The Hall–Kier alpha value is -1.55. The van der Waals surface area contributed by atoms with Crippen LogP contribution in [0.5, 0.6) is 5.75 Å². The zero-order valence-corrected chi connectivity index (χ0v) is 21.5. The SMILES string of the molecule is CN=C(NCCOc1ccccc1C(C)C)N1CCN(CC(=O)N2CCCC2)CC1.I. The van der Waals surface area contributed by atoms with Crippen LogP contribution in [-0.2, 0) is 4.79 Å². The van der Waals surface area contributed by atoms with Gasteiger partial charge in [0.05, 0.1) is 13.1 Å². The van der Waals surface area contributed by atoms with Gasteiger partial charge in [-0.15, -0.1) is 24.0 Å². The van der Waals surface area contributed by atoms with Crippen molar-refractivity contribution in [2.24, 2.45) is 4.99 Å². The van der Waals surface area contributed by atoms with Crippen LogP contribution < -0.4 is 10.1 Å². The number of hydrogen-bond donors (Lipinski definition) is 1. The normalized spacial score (nSPS) is 17.6. The molecule has 0 bridgehead atoms. The highest BCUT2D eigenvalue weighted by Crippen LogP contribution is 2.25. The number of amides is 1. The summed E-state index contributed by atoms with van der Waals surface area (Å²) < 4.78 is 6.00. The van der Waals surface area contributed by atoms with Crippen molar-refractivity contribution < 1.29 is 9.53 Å². The van der Waals surface area contributed by atoms with Gasteiger partial charge in [0.15, 0.2) is 5.96 Å². The molecule has 174 valence electrons. The van der Waals surface area contributed by atoms with Crippen molar-refractivity contribution in [1.82, 2.24) is 20.0 Å². The lowest BCUT2D eigenvalue weighted by Gasteiger charge is -2.36.